The number of fused-ring (bicyclic) bond motifs is 2. The van der Waals surface area contributed by atoms with E-state index >= 15 is 0 Å². The van der Waals surface area contributed by atoms with Gasteiger partial charge in [0.15, 0.2) is 0 Å². The molecule has 47 heavy (non-hydrogen) atoms. The molecule has 0 saturated carbocycles. The van der Waals surface area contributed by atoms with Gasteiger partial charge in [0, 0.05) is 11.1 Å². The lowest BCUT2D eigenvalue weighted by Crippen LogP contribution is -2.37. The topological polar surface area (TPSA) is 46.2 Å². The maximum atomic E-state index is 12.9. The molecule has 0 fully saturated rings. The second kappa shape index (κ2) is 29.3. The Bertz CT molecular complexity index is 922. The Kier molecular flexibility index (Phi) is 25.9. The molecule has 2 bridgehead atoms. The van der Waals surface area contributed by atoms with E-state index in [1.807, 2.05) is 6.07 Å². The van der Waals surface area contributed by atoms with Gasteiger partial charge in [-0.2, -0.15) is 0 Å². The largest absolute Gasteiger partial charge is 0.288 e. The van der Waals surface area contributed by atoms with Gasteiger partial charge in [-0.25, -0.2) is 0 Å². The van der Waals surface area contributed by atoms with E-state index in [2.05, 4.69) is 25.2 Å². The van der Waals surface area contributed by atoms with Crippen molar-refractivity contribution in [2.24, 2.45) is 0 Å². The van der Waals surface area contributed by atoms with Crippen LogP contribution in [0.5, 0.6) is 0 Å². The van der Waals surface area contributed by atoms with Gasteiger partial charge < -0.3 is 0 Å². The van der Waals surface area contributed by atoms with Gasteiger partial charge in [0.05, 0.1) is 0 Å². The third-order valence-electron chi connectivity index (χ3n) is 10.7. The van der Waals surface area contributed by atoms with Gasteiger partial charge in [-0.1, -0.05) is 213 Å². The SMILES string of the molecule is CCCCCCCCCCCCCCCCCCc1ccc2c(CCCCCCCCCCCCCCCCCC)c1C(=O)NC2=O. The Labute approximate surface area is 292 Å². The molecule has 0 aliphatic carbocycles. The van der Waals surface area contributed by atoms with Crippen molar-refractivity contribution >= 4 is 11.8 Å². The molecular weight excluding hydrogens is 574 g/mol. The number of aryl methyl sites for hydroxylation is 1. The Morgan fingerprint density at radius 1 is 0.383 bits per heavy atom. The van der Waals surface area contributed by atoms with Crippen LogP contribution < -0.4 is 5.32 Å². The number of hydrogen-bond acceptors (Lipinski definition) is 2. The second-order valence-electron chi connectivity index (χ2n) is 15.0. The summed E-state index contributed by atoms with van der Waals surface area (Å²) < 4.78 is 0. The molecule has 0 radical (unpaired) electrons. The Hall–Kier alpha value is -1.64. The summed E-state index contributed by atoms with van der Waals surface area (Å²) in [5, 5.41) is 2.61. The minimum absolute atomic E-state index is 0.166. The summed E-state index contributed by atoms with van der Waals surface area (Å²) in [5.41, 5.74) is 3.73. The molecule has 1 aromatic rings. The van der Waals surface area contributed by atoms with Crippen LogP contribution >= 0.6 is 0 Å². The quantitative estimate of drug-likeness (QED) is 0.0595. The number of hydrogen-bond donors (Lipinski definition) is 1. The van der Waals surface area contributed by atoms with Crippen molar-refractivity contribution in [1.29, 1.82) is 0 Å². The van der Waals surface area contributed by atoms with Gasteiger partial charge in [-0.05, 0) is 42.9 Å². The lowest BCUT2D eigenvalue weighted by molar-refractivity contribution is 0.0837. The third kappa shape index (κ3) is 19.8. The van der Waals surface area contributed by atoms with E-state index in [0.29, 0.717) is 0 Å². The summed E-state index contributed by atoms with van der Waals surface area (Å²) in [5.74, 6) is -0.371. The maximum Gasteiger partial charge on any atom is 0.258 e. The van der Waals surface area contributed by atoms with Crippen LogP contribution in [0.2, 0.25) is 0 Å². The molecule has 2 rings (SSSR count). The number of imide groups is 1. The van der Waals surface area contributed by atoms with Crippen LogP contribution in [-0.4, -0.2) is 11.8 Å². The maximum absolute atomic E-state index is 12.9. The number of rotatable bonds is 34. The molecule has 3 nitrogen and oxygen atoms in total. The Morgan fingerprint density at radius 3 is 1.06 bits per heavy atom. The average Bonchev–Trinajstić information content (AvgIpc) is 3.07. The fourth-order valence-corrected chi connectivity index (χ4v) is 7.61. The van der Waals surface area contributed by atoms with Crippen molar-refractivity contribution in [2.75, 3.05) is 0 Å². The van der Waals surface area contributed by atoms with Crippen molar-refractivity contribution in [3.05, 3.63) is 34.4 Å². The minimum atomic E-state index is -0.206. The van der Waals surface area contributed by atoms with Crippen LogP contribution in [-0.2, 0) is 12.8 Å². The molecule has 0 aromatic heterocycles. The van der Waals surface area contributed by atoms with Gasteiger partial charge in [0.25, 0.3) is 11.8 Å². The number of carbonyl (C=O) groups is 2. The molecule has 270 valence electrons. The molecule has 0 spiro atoms. The zero-order valence-corrected chi connectivity index (χ0v) is 31.5. The predicted octanol–water partition coefficient (Wildman–Crippen LogP) is 14.2. The monoisotopic (exact) mass is 652 g/mol. The van der Waals surface area contributed by atoms with Crippen molar-refractivity contribution in [1.82, 2.24) is 5.32 Å². The first-order chi connectivity index (χ1) is 23.2. The molecule has 0 saturated heterocycles. The summed E-state index contributed by atoms with van der Waals surface area (Å²) in [6, 6.07) is 4.04. The van der Waals surface area contributed by atoms with Crippen molar-refractivity contribution in [3.63, 3.8) is 0 Å². The Balaban J connectivity index is 1.52. The van der Waals surface area contributed by atoms with E-state index in [9.17, 15) is 9.59 Å². The number of amides is 2. The highest BCUT2D eigenvalue weighted by Gasteiger charge is 2.28. The zero-order chi connectivity index (χ0) is 33.6. The molecule has 2 amide bonds. The highest BCUT2D eigenvalue weighted by molar-refractivity contribution is 6.16. The highest BCUT2D eigenvalue weighted by atomic mass is 16.2. The first-order valence-electron chi connectivity index (χ1n) is 21.2. The van der Waals surface area contributed by atoms with Gasteiger partial charge in [0.1, 0.15) is 0 Å². The van der Waals surface area contributed by atoms with E-state index in [0.717, 1.165) is 47.9 Å². The molecule has 1 aliphatic rings. The first kappa shape index (κ1) is 41.5. The molecule has 1 N–H and O–H groups in total. The average molecular weight is 652 g/mol. The van der Waals surface area contributed by atoms with Crippen LogP contribution in [0.15, 0.2) is 12.1 Å². The summed E-state index contributed by atoms with van der Waals surface area (Å²) in [7, 11) is 0. The van der Waals surface area contributed by atoms with Crippen molar-refractivity contribution in [3.8, 4) is 0 Å². The van der Waals surface area contributed by atoms with Crippen molar-refractivity contribution < 1.29 is 9.59 Å². The summed E-state index contributed by atoms with van der Waals surface area (Å²) in [4.78, 5) is 25.5. The van der Waals surface area contributed by atoms with Crippen LogP contribution in [0.1, 0.15) is 251 Å². The van der Waals surface area contributed by atoms with Crippen LogP contribution in [0, 0.1) is 0 Å². The third-order valence-corrected chi connectivity index (χ3v) is 10.7. The fourth-order valence-electron chi connectivity index (χ4n) is 7.61. The van der Waals surface area contributed by atoms with E-state index in [1.165, 1.54) is 193 Å². The molecule has 0 atom stereocenters. The Morgan fingerprint density at radius 2 is 0.702 bits per heavy atom. The van der Waals surface area contributed by atoms with E-state index in [4.69, 9.17) is 0 Å². The van der Waals surface area contributed by atoms with Gasteiger partial charge in [-0.3, -0.25) is 14.9 Å². The smallest absolute Gasteiger partial charge is 0.258 e. The van der Waals surface area contributed by atoms with E-state index < -0.39 is 0 Å². The predicted molar refractivity (Wildman–Crippen MR) is 205 cm³/mol. The number of nitrogens with one attached hydrogen (secondary N) is 1. The molecule has 1 aromatic carbocycles. The lowest BCUT2D eigenvalue weighted by atomic mass is 9.87. The van der Waals surface area contributed by atoms with E-state index in [-0.39, 0.29) is 11.8 Å². The number of unbranched alkanes of at least 4 members (excludes halogenated alkanes) is 30. The molecule has 3 heteroatoms. The van der Waals surface area contributed by atoms with Gasteiger partial charge in [0.2, 0.25) is 0 Å². The standard InChI is InChI=1S/C44H77NO2/c1-3-5-7-9-11-13-15-17-19-21-23-25-27-29-31-33-35-39-37-38-41-40(42(39)44(47)45-43(41)46)36-34-32-30-28-26-24-22-20-18-16-14-12-10-8-6-4-2/h37-38H,3-36H2,1-2H3,(H,45,46,47). The van der Waals surface area contributed by atoms with Gasteiger partial charge >= 0.3 is 0 Å². The summed E-state index contributed by atoms with van der Waals surface area (Å²) in [6.07, 6.45) is 45.4. The molecule has 1 heterocycles. The highest BCUT2D eigenvalue weighted by Crippen LogP contribution is 2.27. The normalized spacial score (nSPS) is 12.6. The van der Waals surface area contributed by atoms with Gasteiger partial charge in [-0.15, -0.1) is 0 Å². The number of benzene rings is 1. The van der Waals surface area contributed by atoms with Crippen LogP contribution in [0.25, 0.3) is 0 Å². The molecular formula is C44H77NO2. The first-order valence-corrected chi connectivity index (χ1v) is 21.2. The van der Waals surface area contributed by atoms with Crippen LogP contribution in [0.3, 0.4) is 0 Å². The lowest BCUT2D eigenvalue weighted by Gasteiger charge is -2.22. The second-order valence-corrected chi connectivity index (χ2v) is 15.0. The van der Waals surface area contributed by atoms with E-state index in [1.54, 1.807) is 0 Å². The minimum Gasteiger partial charge on any atom is -0.288 e. The summed E-state index contributed by atoms with van der Waals surface area (Å²) >= 11 is 0. The summed E-state index contributed by atoms with van der Waals surface area (Å²) in [6.45, 7) is 4.58. The number of carbonyl (C=O) groups excluding carboxylic acids is 2. The fraction of sp³-hybridized carbons (Fsp3) is 0.818. The van der Waals surface area contributed by atoms with Crippen molar-refractivity contribution in [2.45, 2.75) is 232 Å². The zero-order valence-electron chi connectivity index (χ0n) is 31.5. The van der Waals surface area contributed by atoms with Crippen LogP contribution in [0.4, 0.5) is 0 Å². The molecule has 1 aliphatic heterocycles. The molecule has 0 unspecified atom stereocenters.